The van der Waals surface area contributed by atoms with Crippen LogP contribution in [-0.2, 0) is 6.18 Å². The highest BCUT2D eigenvalue weighted by Crippen LogP contribution is 2.33. The van der Waals surface area contributed by atoms with E-state index in [0.29, 0.717) is 23.8 Å². The van der Waals surface area contributed by atoms with Crippen molar-refractivity contribution in [1.82, 2.24) is 4.98 Å². The van der Waals surface area contributed by atoms with Crippen LogP contribution in [0.25, 0.3) is 0 Å². The first kappa shape index (κ1) is 12.6. The third-order valence-corrected chi connectivity index (χ3v) is 2.56. The highest BCUT2D eigenvalue weighted by atomic mass is 19.4. The molecule has 0 bridgehead atoms. The molecule has 0 fully saturated rings. The molecule has 0 amide bonds. The summed E-state index contributed by atoms with van der Waals surface area (Å²) in [6, 6.07) is 3.42. The minimum absolute atomic E-state index is 0.299. The lowest BCUT2D eigenvalue weighted by Crippen LogP contribution is -2.09. The number of H-pyrrole nitrogens is 1. The van der Waals surface area contributed by atoms with Crippen LogP contribution in [0.15, 0.2) is 36.7 Å². The molecule has 96 valence electrons. The number of aliphatic hydroxyl groups excluding tert-OH is 1. The van der Waals surface area contributed by atoms with Gasteiger partial charge >= 0.3 is 6.18 Å². The normalized spacial score (nSPS) is 13.6. The molecule has 1 unspecified atom stereocenters. The van der Waals surface area contributed by atoms with Crippen LogP contribution in [0.3, 0.4) is 0 Å². The molecule has 6 heteroatoms. The predicted octanol–water partition coefficient (Wildman–Crippen LogP) is 3.25. The monoisotopic (exact) mass is 259 g/mol. The first-order valence-electron chi connectivity index (χ1n) is 5.07. The minimum Gasteiger partial charge on any atom is -0.383 e. The number of aromatic nitrogens is 1. The molecule has 1 atom stereocenters. The molecule has 0 spiro atoms. The van der Waals surface area contributed by atoms with E-state index in [-0.39, 0.29) is 0 Å². The molecule has 1 aromatic carbocycles. The second-order valence-electron chi connectivity index (χ2n) is 3.78. The van der Waals surface area contributed by atoms with Gasteiger partial charge in [-0.3, -0.25) is 0 Å². The number of hydrogen-bond acceptors (Lipinski definition) is 1. The molecule has 0 aliphatic rings. The van der Waals surface area contributed by atoms with Crippen molar-refractivity contribution >= 4 is 0 Å². The van der Waals surface area contributed by atoms with Gasteiger partial charge in [0.25, 0.3) is 0 Å². The van der Waals surface area contributed by atoms with Crippen LogP contribution in [0, 0.1) is 5.82 Å². The van der Waals surface area contributed by atoms with E-state index in [4.69, 9.17) is 0 Å². The second-order valence-corrected chi connectivity index (χ2v) is 3.78. The molecule has 18 heavy (non-hydrogen) atoms. The lowest BCUT2D eigenvalue weighted by molar-refractivity contribution is -0.137. The minimum atomic E-state index is -4.57. The molecule has 1 heterocycles. The topological polar surface area (TPSA) is 36.0 Å². The molecular formula is C12H9F4NO. The van der Waals surface area contributed by atoms with Gasteiger partial charge in [-0.15, -0.1) is 0 Å². The number of benzene rings is 1. The zero-order valence-corrected chi connectivity index (χ0v) is 9.00. The molecule has 0 saturated heterocycles. The smallest absolute Gasteiger partial charge is 0.383 e. The predicted molar refractivity (Wildman–Crippen MR) is 56.3 cm³/mol. The van der Waals surface area contributed by atoms with Crippen LogP contribution in [0.4, 0.5) is 17.6 Å². The maximum atomic E-state index is 13.5. The lowest BCUT2D eigenvalue weighted by Gasteiger charge is -2.13. The van der Waals surface area contributed by atoms with Gasteiger partial charge in [0.15, 0.2) is 0 Å². The van der Waals surface area contributed by atoms with Crippen molar-refractivity contribution in [3.05, 3.63) is 59.2 Å². The lowest BCUT2D eigenvalue weighted by atomic mass is 10.0. The molecule has 2 rings (SSSR count). The molecule has 2 aromatic rings. The van der Waals surface area contributed by atoms with Gasteiger partial charge < -0.3 is 10.1 Å². The van der Waals surface area contributed by atoms with Crippen molar-refractivity contribution < 1.29 is 22.7 Å². The van der Waals surface area contributed by atoms with Gasteiger partial charge in [-0.1, -0.05) is 0 Å². The standard InChI is InChI=1S/C12H9F4NO/c13-10-2-1-8(12(14,15)16)5-9(10)11(18)7-3-4-17-6-7/h1-6,11,17-18H. The first-order chi connectivity index (χ1) is 8.39. The van der Waals surface area contributed by atoms with Crippen molar-refractivity contribution in [2.75, 3.05) is 0 Å². The Labute approximate surface area is 99.9 Å². The summed E-state index contributed by atoms with van der Waals surface area (Å²) >= 11 is 0. The fourth-order valence-corrected chi connectivity index (χ4v) is 1.62. The molecule has 2 N–H and O–H groups in total. The van der Waals surface area contributed by atoms with E-state index in [0.717, 1.165) is 0 Å². The summed E-state index contributed by atoms with van der Waals surface area (Å²) in [5.74, 6) is -0.878. The third-order valence-electron chi connectivity index (χ3n) is 2.56. The number of rotatable bonds is 2. The van der Waals surface area contributed by atoms with E-state index >= 15 is 0 Å². The van der Waals surface area contributed by atoms with Gasteiger partial charge in [0.2, 0.25) is 0 Å². The van der Waals surface area contributed by atoms with Crippen LogP contribution < -0.4 is 0 Å². The van der Waals surface area contributed by atoms with Crippen molar-refractivity contribution in [3.8, 4) is 0 Å². The Hall–Kier alpha value is -1.82. The molecule has 0 saturated carbocycles. The summed E-state index contributed by atoms with van der Waals surface area (Å²) in [4.78, 5) is 2.64. The maximum absolute atomic E-state index is 13.5. The Morgan fingerprint density at radius 2 is 1.89 bits per heavy atom. The summed E-state index contributed by atoms with van der Waals surface area (Å²) in [7, 11) is 0. The van der Waals surface area contributed by atoms with Crippen LogP contribution in [0.1, 0.15) is 22.8 Å². The van der Waals surface area contributed by atoms with Crippen LogP contribution in [-0.4, -0.2) is 10.1 Å². The molecule has 0 aliphatic carbocycles. The highest BCUT2D eigenvalue weighted by molar-refractivity contribution is 5.33. The van der Waals surface area contributed by atoms with Crippen molar-refractivity contribution in [1.29, 1.82) is 0 Å². The van der Waals surface area contributed by atoms with Crippen molar-refractivity contribution in [3.63, 3.8) is 0 Å². The van der Waals surface area contributed by atoms with Gasteiger partial charge in [0.1, 0.15) is 11.9 Å². The summed E-state index contributed by atoms with van der Waals surface area (Å²) in [5, 5.41) is 9.82. The maximum Gasteiger partial charge on any atom is 0.416 e. The third kappa shape index (κ3) is 2.38. The average molecular weight is 259 g/mol. The quantitative estimate of drug-likeness (QED) is 0.798. The van der Waals surface area contributed by atoms with E-state index in [1.165, 1.54) is 18.5 Å². The van der Waals surface area contributed by atoms with Gasteiger partial charge in [0.05, 0.1) is 5.56 Å². The Balaban J connectivity index is 2.44. The van der Waals surface area contributed by atoms with E-state index in [1.807, 2.05) is 0 Å². The number of aliphatic hydroxyl groups is 1. The summed E-state index contributed by atoms with van der Waals surface area (Å²) < 4.78 is 50.9. The number of alkyl halides is 3. The molecule has 2 nitrogen and oxygen atoms in total. The van der Waals surface area contributed by atoms with Gasteiger partial charge in [-0.05, 0) is 24.3 Å². The number of hydrogen-bond donors (Lipinski definition) is 2. The molecule has 1 aromatic heterocycles. The van der Waals surface area contributed by atoms with E-state index < -0.39 is 29.2 Å². The van der Waals surface area contributed by atoms with Crippen LogP contribution >= 0.6 is 0 Å². The fourth-order valence-electron chi connectivity index (χ4n) is 1.62. The van der Waals surface area contributed by atoms with Gasteiger partial charge in [-0.2, -0.15) is 13.2 Å². The van der Waals surface area contributed by atoms with Crippen molar-refractivity contribution in [2.24, 2.45) is 0 Å². The van der Waals surface area contributed by atoms with E-state index in [2.05, 4.69) is 4.98 Å². The zero-order chi connectivity index (χ0) is 13.3. The van der Waals surface area contributed by atoms with Gasteiger partial charge in [0, 0.05) is 23.5 Å². The SMILES string of the molecule is OC(c1cc[nH]c1)c1cc(C(F)(F)F)ccc1F. The largest absolute Gasteiger partial charge is 0.416 e. The summed E-state index contributed by atoms with van der Waals surface area (Å²) in [5.41, 5.74) is -1.09. The van der Waals surface area contributed by atoms with Crippen LogP contribution in [0.5, 0.6) is 0 Å². The average Bonchev–Trinajstić information content (AvgIpc) is 2.80. The molecular weight excluding hydrogens is 250 g/mol. The Bertz CT molecular complexity index is 534. The number of halogens is 4. The zero-order valence-electron chi connectivity index (χ0n) is 9.00. The van der Waals surface area contributed by atoms with Gasteiger partial charge in [-0.25, -0.2) is 4.39 Å². The summed E-state index contributed by atoms with van der Waals surface area (Å²) in [6.07, 6.45) is -3.12. The second kappa shape index (κ2) is 4.45. The Morgan fingerprint density at radius 3 is 2.44 bits per heavy atom. The van der Waals surface area contributed by atoms with Crippen molar-refractivity contribution in [2.45, 2.75) is 12.3 Å². The summed E-state index contributed by atoms with van der Waals surface area (Å²) in [6.45, 7) is 0. The highest BCUT2D eigenvalue weighted by Gasteiger charge is 2.32. The fraction of sp³-hybridized carbons (Fsp3) is 0.167. The molecule has 0 radical (unpaired) electrons. The van der Waals surface area contributed by atoms with E-state index in [1.54, 1.807) is 0 Å². The first-order valence-corrected chi connectivity index (χ1v) is 5.07. The Kier molecular flexibility index (Phi) is 3.13. The number of nitrogens with one attached hydrogen (secondary N) is 1. The van der Waals surface area contributed by atoms with Crippen LogP contribution in [0.2, 0.25) is 0 Å². The number of aromatic amines is 1. The molecule has 0 aliphatic heterocycles. The van der Waals surface area contributed by atoms with E-state index in [9.17, 15) is 22.7 Å². The Morgan fingerprint density at radius 1 is 1.17 bits per heavy atom.